The molecule has 1 aliphatic rings. The molecule has 0 aliphatic heterocycles. The standard InChI is InChI=1S/C20H19N3O5/c1-27-16-8-10-3-5-13(12(10)9-17(16)28-2)21-18(24)11-4-6-14-15(7-11)23-20(26)19(25)22-14/h4,6-9,13H,3,5H2,1-2H3,(H,21,24)(H,22,25)(H,23,26)/t13-/m1/s1. The summed E-state index contributed by atoms with van der Waals surface area (Å²) >= 11 is 0. The second-order valence-corrected chi connectivity index (χ2v) is 6.64. The third kappa shape index (κ3) is 3.02. The van der Waals surface area contributed by atoms with Gasteiger partial charge in [0.05, 0.1) is 31.3 Å². The lowest BCUT2D eigenvalue weighted by Gasteiger charge is -2.16. The van der Waals surface area contributed by atoms with Crippen molar-refractivity contribution >= 4 is 16.9 Å². The second-order valence-electron chi connectivity index (χ2n) is 6.64. The number of methoxy groups -OCH3 is 2. The maximum absolute atomic E-state index is 12.8. The Hall–Kier alpha value is -3.55. The van der Waals surface area contributed by atoms with Gasteiger partial charge >= 0.3 is 11.1 Å². The molecule has 0 spiro atoms. The number of carbonyl (C=O) groups excluding carboxylic acids is 1. The molecule has 1 aromatic heterocycles. The molecule has 0 unspecified atom stereocenters. The molecule has 0 fully saturated rings. The molecular weight excluding hydrogens is 362 g/mol. The Balaban J connectivity index is 1.62. The van der Waals surface area contributed by atoms with Crippen LogP contribution < -0.4 is 25.9 Å². The highest BCUT2D eigenvalue weighted by atomic mass is 16.5. The van der Waals surface area contributed by atoms with E-state index in [1.54, 1.807) is 32.4 Å². The Morgan fingerprint density at radius 3 is 2.39 bits per heavy atom. The van der Waals surface area contributed by atoms with Crippen molar-refractivity contribution in [3.05, 3.63) is 67.7 Å². The van der Waals surface area contributed by atoms with Crippen molar-refractivity contribution in [1.82, 2.24) is 15.3 Å². The van der Waals surface area contributed by atoms with Crippen molar-refractivity contribution in [3.63, 3.8) is 0 Å². The molecule has 1 amide bonds. The molecule has 8 nitrogen and oxygen atoms in total. The average molecular weight is 381 g/mol. The van der Waals surface area contributed by atoms with Crippen LogP contribution in [0.3, 0.4) is 0 Å². The molecule has 28 heavy (non-hydrogen) atoms. The second kappa shape index (κ2) is 6.88. The summed E-state index contributed by atoms with van der Waals surface area (Å²) in [6, 6.07) is 8.44. The van der Waals surface area contributed by atoms with Crippen LogP contribution in [0.1, 0.15) is 33.9 Å². The predicted molar refractivity (Wildman–Crippen MR) is 103 cm³/mol. The maximum atomic E-state index is 12.8. The zero-order valence-electron chi connectivity index (χ0n) is 15.4. The number of hydrogen-bond acceptors (Lipinski definition) is 5. The van der Waals surface area contributed by atoms with Crippen LogP contribution in [-0.4, -0.2) is 30.1 Å². The predicted octanol–water partition coefficient (Wildman–Crippen LogP) is 1.65. The Morgan fingerprint density at radius 2 is 1.68 bits per heavy atom. The monoisotopic (exact) mass is 381 g/mol. The van der Waals surface area contributed by atoms with Gasteiger partial charge < -0.3 is 24.8 Å². The molecule has 144 valence electrons. The zero-order valence-corrected chi connectivity index (χ0v) is 15.4. The summed E-state index contributed by atoms with van der Waals surface area (Å²) in [5, 5.41) is 3.03. The molecule has 0 saturated heterocycles. The fraction of sp³-hybridized carbons (Fsp3) is 0.250. The summed E-state index contributed by atoms with van der Waals surface area (Å²) in [5.41, 5.74) is 1.89. The number of aromatic nitrogens is 2. The van der Waals surface area contributed by atoms with Gasteiger partial charge in [-0.25, -0.2) is 0 Å². The van der Waals surface area contributed by atoms with Crippen LogP contribution in [0.2, 0.25) is 0 Å². The van der Waals surface area contributed by atoms with Crippen molar-refractivity contribution in [1.29, 1.82) is 0 Å². The van der Waals surface area contributed by atoms with Crippen LogP contribution in [0.15, 0.2) is 39.9 Å². The van der Waals surface area contributed by atoms with E-state index >= 15 is 0 Å². The van der Waals surface area contributed by atoms with Gasteiger partial charge in [0.1, 0.15) is 0 Å². The number of hydrogen-bond donors (Lipinski definition) is 3. The highest BCUT2D eigenvalue weighted by molar-refractivity contribution is 5.97. The molecular formula is C20H19N3O5. The molecule has 4 rings (SSSR count). The van der Waals surface area contributed by atoms with Crippen molar-refractivity contribution in [3.8, 4) is 11.5 Å². The minimum atomic E-state index is -0.754. The minimum absolute atomic E-state index is 0.146. The van der Waals surface area contributed by atoms with Crippen LogP contribution in [-0.2, 0) is 6.42 Å². The maximum Gasteiger partial charge on any atom is 0.314 e. The number of aryl methyl sites for hydroxylation is 1. The Morgan fingerprint density at radius 1 is 1.00 bits per heavy atom. The number of benzene rings is 2. The van der Waals surface area contributed by atoms with Crippen molar-refractivity contribution < 1.29 is 14.3 Å². The molecule has 0 radical (unpaired) electrons. The first-order chi connectivity index (χ1) is 13.5. The van der Waals surface area contributed by atoms with E-state index in [9.17, 15) is 14.4 Å². The number of aromatic amines is 2. The van der Waals surface area contributed by atoms with Gasteiger partial charge in [-0.2, -0.15) is 0 Å². The van der Waals surface area contributed by atoms with Gasteiger partial charge in [-0.3, -0.25) is 14.4 Å². The van der Waals surface area contributed by atoms with Crippen LogP contribution in [0.4, 0.5) is 0 Å². The molecule has 1 aliphatic carbocycles. The fourth-order valence-corrected chi connectivity index (χ4v) is 3.58. The Kier molecular flexibility index (Phi) is 4.38. The molecule has 3 aromatic rings. The first-order valence-corrected chi connectivity index (χ1v) is 8.82. The summed E-state index contributed by atoms with van der Waals surface area (Å²) < 4.78 is 10.7. The lowest BCUT2D eigenvalue weighted by Crippen LogP contribution is -2.29. The topological polar surface area (TPSA) is 113 Å². The van der Waals surface area contributed by atoms with Gasteiger partial charge in [0.25, 0.3) is 5.91 Å². The number of ether oxygens (including phenoxy) is 2. The van der Waals surface area contributed by atoms with Gasteiger partial charge in [-0.1, -0.05) is 0 Å². The molecule has 0 saturated carbocycles. The van der Waals surface area contributed by atoms with Crippen LogP contribution >= 0.6 is 0 Å². The Labute approximate surface area is 159 Å². The van der Waals surface area contributed by atoms with Crippen LogP contribution in [0.5, 0.6) is 11.5 Å². The number of amides is 1. The summed E-state index contributed by atoms with van der Waals surface area (Å²) in [5.74, 6) is 1.02. The number of fused-ring (bicyclic) bond motifs is 2. The lowest BCUT2D eigenvalue weighted by molar-refractivity contribution is 0.0937. The van der Waals surface area contributed by atoms with Gasteiger partial charge in [0, 0.05) is 5.56 Å². The van der Waals surface area contributed by atoms with Crippen LogP contribution in [0, 0.1) is 0 Å². The van der Waals surface area contributed by atoms with Gasteiger partial charge in [-0.15, -0.1) is 0 Å². The number of nitrogens with one attached hydrogen (secondary N) is 3. The van der Waals surface area contributed by atoms with Crippen molar-refractivity contribution in [2.24, 2.45) is 0 Å². The summed E-state index contributed by atoms with van der Waals surface area (Å²) in [7, 11) is 3.17. The SMILES string of the molecule is COc1cc2c(cc1OC)[C@H](NC(=O)c1ccc3[nH]c(=O)c(=O)[nH]c3c1)CC2. The first-order valence-electron chi connectivity index (χ1n) is 8.82. The van der Waals surface area contributed by atoms with Crippen molar-refractivity contribution in [2.75, 3.05) is 14.2 Å². The van der Waals surface area contributed by atoms with E-state index in [0.717, 1.165) is 24.0 Å². The van der Waals surface area contributed by atoms with E-state index in [4.69, 9.17) is 9.47 Å². The van der Waals surface area contributed by atoms with E-state index in [0.29, 0.717) is 28.1 Å². The Bertz CT molecular complexity index is 1190. The first kappa shape index (κ1) is 17.8. The zero-order chi connectivity index (χ0) is 19.8. The van der Waals surface area contributed by atoms with Gasteiger partial charge in [-0.05, 0) is 54.3 Å². The van der Waals surface area contributed by atoms with Gasteiger partial charge in [0.15, 0.2) is 11.5 Å². The van der Waals surface area contributed by atoms with E-state index in [2.05, 4.69) is 15.3 Å². The summed E-state index contributed by atoms with van der Waals surface area (Å²) in [4.78, 5) is 40.6. The number of rotatable bonds is 4. The van der Waals surface area contributed by atoms with Crippen LogP contribution in [0.25, 0.3) is 11.0 Å². The molecule has 1 atom stereocenters. The highest BCUT2D eigenvalue weighted by Gasteiger charge is 2.26. The summed E-state index contributed by atoms with van der Waals surface area (Å²) in [6.45, 7) is 0. The number of H-pyrrole nitrogens is 2. The summed E-state index contributed by atoms with van der Waals surface area (Å²) in [6.07, 6.45) is 1.60. The van der Waals surface area contributed by atoms with E-state index < -0.39 is 11.1 Å². The quantitative estimate of drug-likeness (QED) is 0.595. The van der Waals surface area contributed by atoms with E-state index in [1.165, 1.54) is 0 Å². The number of carbonyl (C=O) groups is 1. The smallest absolute Gasteiger partial charge is 0.314 e. The molecule has 0 bridgehead atoms. The largest absolute Gasteiger partial charge is 0.493 e. The minimum Gasteiger partial charge on any atom is -0.493 e. The van der Waals surface area contributed by atoms with E-state index in [1.807, 2.05) is 12.1 Å². The molecule has 3 N–H and O–H groups in total. The average Bonchev–Trinajstić information content (AvgIpc) is 3.08. The van der Waals surface area contributed by atoms with E-state index in [-0.39, 0.29) is 11.9 Å². The third-order valence-corrected chi connectivity index (χ3v) is 5.01. The molecule has 1 heterocycles. The van der Waals surface area contributed by atoms with Crippen molar-refractivity contribution in [2.45, 2.75) is 18.9 Å². The lowest BCUT2D eigenvalue weighted by atomic mass is 10.1. The van der Waals surface area contributed by atoms with Gasteiger partial charge in [0.2, 0.25) is 0 Å². The highest BCUT2D eigenvalue weighted by Crippen LogP contribution is 2.39. The molecule has 2 aromatic carbocycles. The third-order valence-electron chi connectivity index (χ3n) is 5.01. The molecule has 8 heteroatoms. The normalized spacial score (nSPS) is 15.3. The fourth-order valence-electron chi connectivity index (χ4n) is 3.58.